The van der Waals surface area contributed by atoms with E-state index in [0.717, 1.165) is 18.8 Å². The third-order valence-corrected chi connectivity index (χ3v) is 4.48. The van der Waals surface area contributed by atoms with Crippen molar-refractivity contribution in [2.75, 3.05) is 6.61 Å². The van der Waals surface area contributed by atoms with Crippen LogP contribution in [-0.2, 0) is 6.42 Å². The maximum absolute atomic E-state index is 5.70. The van der Waals surface area contributed by atoms with Crippen LogP contribution in [0.25, 0.3) is 12.2 Å². The van der Waals surface area contributed by atoms with Gasteiger partial charge in [-0.25, -0.2) is 0 Å². The fourth-order valence-corrected chi connectivity index (χ4v) is 3.06. The molecule has 0 N–H and O–H groups in total. The van der Waals surface area contributed by atoms with Crippen molar-refractivity contribution in [2.45, 2.75) is 58.8 Å². The van der Waals surface area contributed by atoms with Crippen molar-refractivity contribution in [3.63, 3.8) is 0 Å². The maximum atomic E-state index is 5.70. The largest absolute Gasteiger partial charge is 0.494 e. The molecule has 0 bridgehead atoms. The molecule has 0 aromatic heterocycles. The third-order valence-electron chi connectivity index (χ3n) is 4.48. The number of hydrogen-bond acceptors (Lipinski definition) is 1. The number of ether oxygens (including phenoxy) is 1. The molecular weight excluding hydrogens is 304 g/mol. The average molecular weight is 337 g/mol. The van der Waals surface area contributed by atoms with Gasteiger partial charge >= 0.3 is 0 Å². The highest BCUT2D eigenvalue weighted by atomic mass is 16.5. The first-order valence-corrected chi connectivity index (χ1v) is 9.82. The van der Waals surface area contributed by atoms with Gasteiger partial charge in [-0.1, -0.05) is 87.6 Å². The van der Waals surface area contributed by atoms with Crippen LogP contribution in [0.5, 0.6) is 5.75 Å². The average Bonchev–Trinajstić information content (AvgIpc) is 2.65. The Bertz CT molecular complexity index is 628. The Balaban J connectivity index is 2.02. The van der Waals surface area contributed by atoms with Crippen LogP contribution < -0.4 is 4.74 Å². The molecule has 1 heteroatoms. The number of benzene rings is 2. The van der Waals surface area contributed by atoms with E-state index >= 15 is 0 Å². The Kier molecular flexibility index (Phi) is 8.90. The molecule has 2 rings (SSSR count). The van der Waals surface area contributed by atoms with Crippen LogP contribution >= 0.6 is 0 Å². The normalized spacial score (nSPS) is 11.1. The van der Waals surface area contributed by atoms with Gasteiger partial charge < -0.3 is 4.74 Å². The molecule has 0 amide bonds. The van der Waals surface area contributed by atoms with Crippen LogP contribution in [0.1, 0.15) is 69.1 Å². The van der Waals surface area contributed by atoms with Crippen molar-refractivity contribution in [1.82, 2.24) is 0 Å². The second-order valence-corrected chi connectivity index (χ2v) is 6.56. The van der Waals surface area contributed by atoms with Crippen molar-refractivity contribution in [2.24, 2.45) is 0 Å². The lowest BCUT2D eigenvalue weighted by atomic mass is 9.99. The Labute approximate surface area is 153 Å². The molecule has 0 fully saturated rings. The SMILES string of the molecule is CCCCCCCCc1cc(OCC)ccc1C=Cc1ccccc1. The van der Waals surface area contributed by atoms with E-state index in [9.17, 15) is 0 Å². The summed E-state index contributed by atoms with van der Waals surface area (Å²) in [7, 11) is 0. The lowest BCUT2D eigenvalue weighted by Crippen LogP contribution is -1.95. The highest BCUT2D eigenvalue weighted by Gasteiger charge is 2.03. The summed E-state index contributed by atoms with van der Waals surface area (Å²) in [5.41, 5.74) is 3.94. The predicted octanol–water partition coefficient (Wildman–Crippen LogP) is 7.16. The molecule has 0 aliphatic carbocycles. The van der Waals surface area contributed by atoms with Crippen LogP contribution in [0.3, 0.4) is 0 Å². The van der Waals surface area contributed by atoms with Gasteiger partial charge in [0, 0.05) is 0 Å². The highest BCUT2D eigenvalue weighted by Crippen LogP contribution is 2.22. The van der Waals surface area contributed by atoms with Gasteiger partial charge in [0.15, 0.2) is 0 Å². The summed E-state index contributed by atoms with van der Waals surface area (Å²) < 4.78 is 5.70. The molecule has 0 heterocycles. The molecule has 0 saturated carbocycles. The first kappa shape index (κ1) is 19.3. The van der Waals surface area contributed by atoms with Gasteiger partial charge in [0.2, 0.25) is 0 Å². The van der Waals surface area contributed by atoms with Crippen LogP contribution in [-0.4, -0.2) is 6.61 Å². The van der Waals surface area contributed by atoms with Gasteiger partial charge in [-0.2, -0.15) is 0 Å². The lowest BCUT2D eigenvalue weighted by molar-refractivity contribution is 0.340. The minimum Gasteiger partial charge on any atom is -0.494 e. The first-order chi connectivity index (χ1) is 12.3. The van der Waals surface area contributed by atoms with Crippen molar-refractivity contribution in [1.29, 1.82) is 0 Å². The summed E-state index contributed by atoms with van der Waals surface area (Å²) >= 11 is 0. The summed E-state index contributed by atoms with van der Waals surface area (Å²) in [4.78, 5) is 0. The van der Waals surface area contributed by atoms with E-state index in [4.69, 9.17) is 4.74 Å². The van der Waals surface area contributed by atoms with Crippen LogP contribution in [0.15, 0.2) is 48.5 Å². The zero-order valence-electron chi connectivity index (χ0n) is 15.8. The second-order valence-electron chi connectivity index (χ2n) is 6.56. The summed E-state index contributed by atoms with van der Waals surface area (Å²) in [6.07, 6.45) is 13.5. The monoisotopic (exact) mass is 336 g/mol. The lowest BCUT2D eigenvalue weighted by Gasteiger charge is -2.10. The Morgan fingerprint density at radius 3 is 2.32 bits per heavy atom. The van der Waals surface area contributed by atoms with E-state index in [-0.39, 0.29) is 0 Å². The van der Waals surface area contributed by atoms with Gasteiger partial charge in [-0.15, -0.1) is 0 Å². The fourth-order valence-electron chi connectivity index (χ4n) is 3.06. The van der Waals surface area contributed by atoms with Gasteiger partial charge in [-0.05, 0) is 48.6 Å². The Morgan fingerprint density at radius 1 is 0.800 bits per heavy atom. The third kappa shape index (κ3) is 7.17. The van der Waals surface area contributed by atoms with Crippen molar-refractivity contribution >= 4 is 12.2 Å². The van der Waals surface area contributed by atoms with E-state index in [0.29, 0.717) is 0 Å². The minimum absolute atomic E-state index is 0.718. The van der Waals surface area contributed by atoms with E-state index in [1.54, 1.807) is 0 Å². The zero-order valence-corrected chi connectivity index (χ0v) is 15.8. The zero-order chi connectivity index (χ0) is 17.7. The number of unbranched alkanes of at least 4 members (excludes halogenated alkanes) is 5. The number of hydrogen-bond donors (Lipinski definition) is 0. The molecule has 2 aromatic carbocycles. The number of aryl methyl sites for hydroxylation is 1. The number of rotatable bonds is 11. The van der Waals surface area contributed by atoms with Crippen LogP contribution in [0.4, 0.5) is 0 Å². The molecule has 0 saturated heterocycles. The van der Waals surface area contributed by atoms with E-state index in [2.05, 4.69) is 67.6 Å². The van der Waals surface area contributed by atoms with E-state index in [1.807, 2.05) is 6.92 Å². The molecule has 1 nitrogen and oxygen atoms in total. The molecular formula is C24H32O. The highest BCUT2D eigenvalue weighted by molar-refractivity contribution is 5.71. The second kappa shape index (κ2) is 11.5. The predicted molar refractivity (Wildman–Crippen MR) is 110 cm³/mol. The molecule has 25 heavy (non-hydrogen) atoms. The summed E-state index contributed by atoms with van der Waals surface area (Å²) in [5, 5.41) is 0. The molecule has 0 atom stereocenters. The van der Waals surface area contributed by atoms with Crippen LogP contribution in [0.2, 0.25) is 0 Å². The summed E-state index contributed by atoms with van der Waals surface area (Å²) in [6.45, 7) is 5.02. The maximum Gasteiger partial charge on any atom is 0.119 e. The topological polar surface area (TPSA) is 9.23 Å². The molecule has 0 spiro atoms. The van der Waals surface area contributed by atoms with E-state index in [1.165, 1.54) is 55.2 Å². The van der Waals surface area contributed by atoms with Gasteiger partial charge in [0.25, 0.3) is 0 Å². The standard InChI is InChI=1S/C24H32O/c1-3-5-6-7-8-12-15-23-20-24(25-4-2)19-18-22(23)17-16-21-13-10-9-11-14-21/h9-11,13-14,16-20H,3-8,12,15H2,1-2H3. The summed E-state index contributed by atoms with van der Waals surface area (Å²) in [6, 6.07) is 17.0. The molecule has 0 radical (unpaired) electrons. The van der Waals surface area contributed by atoms with Gasteiger partial charge in [0.1, 0.15) is 5.75 Å². The Morgan fingerprint density at radius 2 is 1.56 bits per heavy atom. The van der Waals surface area contributed by atoms with Gasteiger partial charge in [0.05, 0.1) is 6.61 Å². The molecule has 0 unspecified atom stereocenters. The fraction of sp³-hybridized carbons (Fsp3) is 0.417. The molecule has 0 aliphatic rings. The van der Waals surface area contributed by atoms with Crippen molar-refractivity contribution in [3.05, 3.63) is 65.2 Å². The van der Waals surface area contributed by atoms with Crippen molar-refractivity contribution in [3.8, 4) is 5.75 Å². The van der Waals surface area contributed by atoms with E-state index < -0.39 is 0 Å². The Hall–Kier alpha value is -2.02. The quantitative estimate of drug-likeness (QED) is 0.312. The molecule has 0 aliphatic heterocycles. The summed E-state index contributed by atoms with van der Waals surface area (Å²) in [5.74, 6) is 0.986. The van der Waals surface area contributed by atoms with Crippen molar-refractivity contribution < 1.29 is 4.74 Å². The molecule has 134 valence electrons. The smallest absolute Gasteiger partial charge is 0.119 e. The molecule has 2 aromatic rings. The minimum atomic E-state index is 0.718. The van der Waals surface area contributed by atoms with Gasteiger partial charge in [-0.3, -0.25) is 0 Å². The van der Waals surface area contributed by atoms with Crippen LogP contribution in [0, 0.1) is 0 Å². The first-order valence-electron chi connectivity index (χ1n) is 9.82.